The van der Waals surface area contributed by atoms with Gasteiger partial charge >= 0.3 is 0 Å². The van der Waals surface area contributed by atoms with E-state index in [4.69, 9.17) is 0 Å². The summed E-state index contributed by atoms with van der Waals surface area (Å²) >= 11 is 1.71. The lowest BCUT2D eigenvalue weighted by Gasteiger charge is -2.07. The highest BCUT2D eigenvalue weighted by atomic mass is 32.1. The summed E-state index contributed by atoms with van der Waals surface area (Å²) in [5.74, 6) is 2.42. The molecule has 1 aliphatic rings. The van der Waals surface area contributed by atoms with E-state index in [1.165, 1.54) is 11.3 Å². The van der Waals surface area contributed by atoms with Gasteiger partial charge in [-0.2, -0.15) is 4.98 Å². The van der Waals surface area contributed by atoms with Gasteiger partial charge in [0.05, 0.1) is 5.39 Å². The van der Waals surface area contributed by atoms with Crippen molar-refractivity contribution >= 4 is 33.3 Å². The molecule has 0 spiro atoms. The van der Waals surface area contributed by atoms with Gasteiger partial charge in [0.2, 0.25) is 5.95 Å². The largest absolute Gasteiger partial charge is 0.366 e. The standard InChI is InChI=1S/C12H16N4S/c1-6-4-9(6)14-10-8-5-7(2)17-11(8)16-12(13-3)15-10/h5-6,9H,4H2,1-3H3,(H2,13,14,15,16). The molecule has 0 bridgehead atoms. The number of fused-ring (bicyclic) bond motifs is 1. The molecule has 5 heteroatoms. The molecule has 17 heavy (non-hydrogen) atoms. The second-order valence-electron chi connectivity index (χ2n) is 4.69. The summed E-state index contributed by atoms with van der Waals surface area (Å²) in [4.78, 5) is 11.3. The fraction of sp³-hybridized carbons (Fsp3) is 0.500. The van der Waals surface area contributed by atoms with Crippen LogP contribution in [0.1, 0.15) is 18.2 Å². The molecule has 2 heterocycles. The highest BCUT2D eigenvalue weighted by molar-refractivity contribution is 7.18. The highest BCUT2D eigenvalue weighted by Crippen LogP contribution is 2.36. The average molecular weight is 248 g/mol. The van der Waals surface area contributed by atoms with Crippen LogP contribution >= 0.6 is 11.3 Å². The molecule has 3 rings (SSSR count). The number of hydrogen-bond acceptors (Lipinski definition) is 5. The van der Waals surface area contributed by atoms with Crippen molar-refractivity contribution in [3.05, 3.63) is 10.9 Å². The zero-order chi connectivity index (χ0) is 12.0. The van der Waals surface area contributed by atoms with Crippen LogP contribution in [0.2, 0.25) is 0 Å². The van der Waals surface area contributed by atoms with Crippen LogP contribution in [0, 0.1) is 12.8 Å². The summed E-state index contributed by atoms with van der Waals surface area (Å²) in [5.41, 5.74) is 0. The summed E-state index contributed by atoms with van der Waals surface area (Å²) in [6.45, 7) is 4.36. The fourth-order valence-electron chi connectivity index (χ4n) is 1.96. The molecule has 2 atom stereocenters. The molecule has 0 aromatic carbocycles. The van der Waals surface area contributed by atoms with Gasteiger partial charge in [0, 0.05) is 18.0 Å². The Morgan fingerprint density at radius 1 is 1.41 bits per heavy atom. The van der Waals surface area contributed by atoms with Gasteiger partial charge in [-0.1, -0.05) is 6.92 Å². The molecule has 1 fully saturated rings. The normalized spacial score (nSPS) is 22.8. The molecular formula is C12H16N4S. The first kappa shape index (κ1) is 10.8. The van der Waals surface area contributed by atoms with Gasteiger partial charge in [-0.25, -0.2) is 4.98 Å². The van der Waals surface area contributed by atoms with Crippen LogP contribution in [0.4, 0.5) is 11.8 Å². The monoisotopic (exact) mass is 248 g/mol. The smallest absolute Gasteiger partial charge is 0.225 e. The Morgan fingerprint density at radius 3 is 2.82 bits per heavy atom. The Bertz CT molecular complexity index is 563. The summed E-state index contributed by atoms with van der Waals surface area (Å²) in [7, 11) is 1.85. The van der Waals surface area contributed by atoms with Crippen LogP contribution in [0.25, 0.3) is 10.2 Å². The minimum atomic E-state index is 0.581. The Kier molecular flexibility index (Phi) is 2.43. The van der Waals surface area contributed by atoms with E-state index in [0.717, 1.165) is 22.0 Å². The van der Waals surface area contributed by atoms with Crippen molar-refractivity contribution in [3.8, 4) is 0 Å². The summed E-state index contributed by atoms with van der Waals surface area (Å²) in [6.07, 6.45) is 1.24. The number of aromatic nitrogens is 2. The minimum absolute atomic E-state index is 0.581. The first-order chi connectivity index (χ1) is 8.17. The van der Waals surface area contributed by atoms with E-state index in [1.54, 1.807) is 11.3 Å². The van der Waals surface area contributed by atoms with Crippen molar-refractivity contribution in [2.24, 2.45) is 5.92 Å². The maximum atomic E-state index is 4.52. The fourth-order valence-corrected chi connectivity index (χ4v) is 2.84. The molecule has 1 aliphatic carbocycles. The zero-order valence-electron chi connectivity index (χ0n) is 10.2. The van der Waals surface area contributed by atoms with Crippen molar-refractivity contribution in [2.75, 3.05) is 17.7 Å². The number of anilines is 2. The molecule has 2 aromatic heterocycles. The lowest BCUT2D eigenvalue weighted by Crippen LogP contribution is -2.07. The van der Waals surface area contributed by atoms with E-state index in [9.17, 15) is 0 Å². The number of nitrogens with one attached hydrogen (secondary N) is 2. The first-order valence-electron chi connectivity index (χ1n) is 5.90. The molecule has 0 saturated heterocycles. The van der Waals surface area contributed by atoms with E-state index >= 15 is 0 Å². The second kappa shape index (κ2) is 3.84. The van der Waals surface area contributed by atoms with Crippen LogP contribution in [-0.2, 0) is 0 Å². The number of nitrogens with zero attached hydrogens (tertiary/aromatic N) is 2. The number of aryl methyl sites for hydroxylation is 1. The molecular weight excluding hydrogens is 232 g/mol. The van der Waals surface area contributed by atoms with E-state index < -0.39 is 0 Å². The van der Waals surface area contributed by atoms with E-state index in [2.05, 4.69) is 40.5 Å². The first-order valence-corrected chi connectivity index (χ1v) is 6.71. The van der Waals surface area contributed by atoms with Gasteiger partial charge in [-0.05, 0) is 25.3 Å². The predicted molar refractivity (Wildman–Crippen MR) is 72.9 cm³/mol. The molecule has 0 aliphatic heterocycles. The third-order valence-corrected chi connectivity index (χ3v) is 4.12. The maximum absolute atomic E-state index is 4.52. The van der Waals surface area contributed by atoms with Crippen molar-refractivity contribution < 1.29 is 0 Å². The van der Waals surface area contributed by atoms with Crippen LogP contribution in [0.5, 0.6) is 0 Å². The van der Waals surface area contributed by atoms with Crippen molar-refractivity contribution in [3.63, 3.8) is 0 Å². The zero-order valence-corrected chi connectivity index (χ0v) is 11.1. The summed E-state index contributed by atoms with van der Waals surface area (Å²) < 4.78 is 0. The van der Waals surface area contributed by atoms with Gasteiger partial charge < -0.3 is 10.6 Å². The van der Waals surface area contributed by atoms with Crippen LogP contribution < -0.4 is 10.6 Å². The highest BCUT2D eigenvalue weighted by Gasteiger charge is 2.33. The minimum Gasteiger partial charge on any atom is -0.366 e. The Morgan fingerprint density at radius 2 is 2.18 bits per heavy atom. The number of thiophene rings is 1. The third-order valence-electron chi connectivity index (χ3n) is 3.17. The van der Waals surface area contributed by atoms with Crippen molar-refractivity contribution in [2.45, 2.75) is 26.3 Å². The molecule has 2 N–H and O–H groups in total. The predicted octanol–water partition coefficient (Wildman–Crippen LogP) is 2.86. The van der Waals surface area contributed by atoms with Gasteiger partial charge in [0.1, 0.15) is 10.6 Å². The Hall–Kier alpha value is -1.36. The van der Waals surface area contributed by atoms with Gasteiger partial charge in [-0.15, -0.1) is 11.3 Å². The van der Waals surface area contributed by atoms with E-state index in [-0.39, 0.29) is 0 Å². The van der Waals surface area contributed by atoms with Gasteiger partial charge in [-0.3, -0.25) is 0 Å². The molecule has 90 valence electrons. The van der Waals surface area contributed by atoms with Gasteiger partial charge in [0.15, 0.2) is 0 Å². The van der Waals surface area contributed by atoms with Crippen molar-refractivity contribution in [1.29, 1.82) is 0 Å². The van der Waals surface area contributed by atoms with Crippen LogP contribution in [-0.4, -0.2) is 23.1 Å². The van der Waals surface area contributed by atoms with E-state index in [1.807, 2.05) is 7.05 Å². The average Bonchev–Trinajstić information content (AvgIpc) is 2.84. The Balaban J connectivity index is 2.06. The second-order valence-corrected chi connectivity index (χ2v) is 5.92. The molecule has 0 radical (unpaired) electrons. The molecule has 4 nitrogen and oxygen atoms in total. The lowest BCUT2D eigenvalue weighted by molar-refractivity contribution is 0.924. The third kappa shape index (κ3) is 1.95. The molecule has 2 unspecified atom stereocenters. The topological polar surface area (TPSA) is 49.8 Å². The number of rotatable bonds is 3. The summed E-state index contributed by atoms with van der Waals surface area (Å²) in [6, 6.07) is 2.74. The van der Waals surface area contributed by atoms with Crippen molar-refractivity contribution in [1.82, 2.24) is 9.97 Å². The Labute approximate surface area is 104 Å². The van der Waals surface area contributed by atoms with Gasteiger partial charge in [0.25, 0.3) is 0 Å². The maximum Gasteiger partial charge on any atom is 0.225 e. The van der Waals surface area contributed by atoms with E-state index in [0.29, 0.717) is 12.0 Å². The quantitative estimate of drug-likeness (QED) is 0.877. The summed E-state index contributed by atoms with van der Waals surface area (Å²) in [5, 5.41) is 7.67. The van der Waals surface area contributed by atoms with Crippen LogP contribution in [0.3, 0.4) is 0 Å². The molecule has 1 saturated carbocycles. The van der Waals surface area contributed by atoms with Crippen LogP contribution in [0.15, 0.2) is 6.07 Å². The molecule has 2 aromatic rings. The number of hydrogen-bond donors (Lipinski definition) is 2. The SMILES string of the molecule is CNc1nc(NC2CC2C)c2cc(C)sc2n1. The molecule has 0 amide bonds. The lowest BCUT2D eigenvalue weighted by atomic mass is 10.3.